The Kier molecular flexibility index (Phi) is 3.57. The fraction of sp³-hybridized carbons (Fsp3) is 0.500. The third-order valence-electron chi connectivity index (χ3n) is 3.54. The Morgan fingerprint density at radius 1 is 1.39 bits per heavy atom. The van der Waals surface area contributed by atoms with Crippen LogP contribution in [0.3, 0.4) is 0 Å². The molecule has 4 heteroatoms. The quantitative estimate of drug-likeness (QED) is 0.864. The summed E-state index contributed by atoms with van der Waals surface area (Å²) in [4.78, 5) is 14.0. The number of anilines is 1. The van der Waals surface area contributed by atoms with Crippen molar-refractivity contribution in [3.05, 3.63) is 24.3 Å². The van der Waals surface area contributed by atoms with Crippen LogP contribution in [-0.2, 0) is 4.79 Å². The Balaban J connectivity index is 2.09. The Bertz CT molecular complexity index is 424. The number of ether oxygens (including phenoxy) is 1. The van der Waals surface area contributed by atoms with Gasteiger partial charge in [-0.2, -0.15) is 0 Å². The molecule has 1 aromatic rings. The van der Waals surface area contributed by atoms with Crippen LogP contribution in [0.2, 0.25) is 0 Å². The zero-order valence-electron chi connectivity index (χ0n) is 11.0. The number of nitrogens with two attached hydrogens (primary N) is 1. The number of amides is 1. The summed E-state index contributed by atoms with van der Waals surface area (Å²) in [5.41, 5.74) is 6.26. The first-order valence-corrected chi connectivity index (χ1v) is 6.34. The highest BCUT2D eigenvalue weighted by Gasteiger charge is 2.50. The molecule has 0 saturated heterocycles. The number of benzene rings is 1. The molecular weight excluding hydrogens is 228 g/mol. The number of rotatable bonds is 5. The van der Waals surface area contributed by atoms with E-state index in [1.807, 2.05) is 31.2 Å². The molecule has 1 amide bonds. The lowest BCUT2D eigenvalue weighted by Crippen LogP contribution is -2.38. The van der Waals surface area contributed by atoms with Crippen LogP contribution in [0.4, 0.5) is 5.69 Å². The predicted octanol–water partition coefficient (Wildman–Crippen LogP) is 1.79. The summed E-state index contributed by atoms with van der Waals surface area (Å²) in [5.74, 6) is 0.941. The summed E-state index contributed by atoms with van der Waals surface area (Å²) < 4.78 is 5.38. The highest BCUT2D eigenvalue weighted by Crippen LogP contribution is 2.46. The molecule has 0 atom stereocenters. The summed E-state index contributed by atoms with van der Waals surface area (Å²) in [6, 6.07) is 7.56. The lowest BCUT2D eigenvalue weighted by molar-refractivity contribution is -0.123. The van der Waals surface area contributed by atoms with Gasteiger partial charge in [-0.3, -0.25) is 4.79 Å². The molecule has 0 radical (unpaired) electrons. The zero-order valence-corrected chi connectivity index (χ0v) is 11.0. The summed E-state index contributed by atoms with van der Waals surface area (Å²) in [6.45, 7) is 3.03. The monoisotopic (exact) mass is 248 g/mol. The molecule has 1 aliphatic rings. The van der Waals surface area contributed by atoms with Gasteiger partial charge in [0.25, 0.3) is 0 Å². The molecular formula is C14H20N2O2. The van der Waals surface area contributed by atoms with Gasteiger partial charge in [0, 0.05) is 19.3 Å². The Labute approximate surface area is 108 Å². The van der Waals surface area contributed by atoms with E-state index in [0.717, 1.165) is 24.3 Å². The van der Waals surface area contributed by atoms with Gasteiger partial charge in [-0.1, -0.05) is 0 Å². The maximum Gasteiger partial charge on any atom is 0.234 e. The molecule has 0 aromatic heterocycles. The lowest BCUT2D eigenvalue weighted by Gasteiger charge is -2.22. The molecule has 1 saturated carbocycles. The maximum atomic E-state index is 12.3. The Morgan fingerprint density at radius 2 is 2.00 bits per heavy atom. The first-order valence-electron chi connectivity index (χ1n) is 6.34. The van der Waals surface area contributed by atoms with Crippen LogP contribution in [0.15, 0.2) is 24.3 Å². The first-order chi connectivity index (χ1) is 8.63. The van der Waals surface area contributed by atoms with E-state index >= 15 is 0 Å². The fourth-order valence-corrected chi connectivity index (χ4v) is 2.06. The van der Waals surface area contributed by atoms with Crippen molar-refractivity contribution in [1.82, 2.24) is 0 Å². The molecule has 2 N–H and O–H groups in total. The van der Waals surface area contributed by atoms with E-state index in [2.05, 4.69) is 0 Å². The van der Waals surface area contributed by atoms with E-state index in [1.165, 1.54) is 0 Å². The van der Waals surface area contributed by atoms with Gasteiger partial charge >= 0.3 is 0 Å². The van der Waals surface area contributed by atoms with Crippen molar-refractivity contribution < 1.29 is 9.53 Å². The normalized spacial score (nSPS) is 16.2. The predicted molar refractivity (Wildman–Crippen MR) is 71.7 cm³/mol. The molecule has 18 heavy (non-hydrogen) atoms. The second-order valence-corrected chi connectivity index (χ2v) is 4.78. The molecule has 2 rings (SSSR count). The van der Waals surface area contributed by atoms with Gasteiger partial charge in [-0.15, -0.1) is 0 Å². The fourth-order valence-electron chi connectivity index (χ4n) is 2.06. The third kappa shape index (κ3) is 2.34. The van der Waals surface area contributed by atoms with Gasteiger partial charge in [0.1, 0.15) is 5.75 Å². The van der Waals surface area contributed by atoms with Crippen molar-refractivity contribution in [3.63, 3.8) is 0 Å². The van der Waals surface area contributed by atoms with Crippen LogP contribution >= 0.6 is 0 Å². The van der Waals surface area contributed by atoms with Gasteiger partial charge in [-0.25, -0.2) is 0 Å². The summed E-state index contributed by atoms with van der Waals surface area (Å²) in [5, 5.41) is 0. The van der Waals surface area contributed by atoms with Crippen LogP contribution in [-0.4, -0.2) is 26.1 Å². The van der Waals surface area contributed by atoms with E-state index in [0.29, 0.717) is 13.2 Å². The van der Waals surface area contributed by atoms with Gasteiger partial charge in [0.05, 0.1) is 12.0 Å². The number of carbonyl (C=O) groups excluding carboxylic acids is 1. The van der Waals surface area contributed by atoms with Crippen molar-refractivity contribution >= 4 is 11.6 Å². The smallest absolute Gasteiger partial charge is 0.234 e. The molecule has 0 aliphatic heterocycles. The second-order valence-electron chi connectivity index (χ2n) is 4.78. The van der Waals surface area contributed by atoms with Crippen LogP contribution in [0.25, 0.3) is 0 Å². The molecule has 1 aliphatic carbocycles. The summed E-state index contributed by atoms with van der Waals surface area (Å²) in [7, 11) is 1.80. The van der Waals surface area contributed by atoms with E-state index in [-0.39, 0.29) is 11.3 Å². The van der Waals surface area contributed by atoms with E-state index in [9.17, 15) is 4.79 Å². The number of hydrogen-bond donors (Lipinski definition) is 1. The van der Waals surface area contributed by atoms with Gasteiger partial charge < -0.3 is 15.4 Å². The molecule has 0 unspecified atom stereocenters. The molecule has 1 fully saturated rings. The Hall–Kier alpha value is -1.55. The first kappa shape index (κ1) is 12.9. The van der Waals surface area contributed by atoms with E-state index in [4.69, 9.17) is 10.5 Å². The number of carbonyl (C=O) groups is 1. The second kappa shape index (κ2) is 4.98. The van der Waals surface area contributed by atoms with Crippen LogP contribution in [0.5, 0.6) is 5.75 Å². The topological polar surface area (TPSA) is 55.6 Å². The van der Waals surface area contributed by atoms with Gasteiger partial charge in [0.15, 0.2) is 0 Å². The molecule has 98 valence electrons. The molecule has 0 heterocycles. The maximum absolute atomic E-state index is 12.3. The van der Waals surface area contributed by atoms with Gasteiger partial charge in [-0.05, 0) is 44.0 Å². The summed E-state index contributed by atoms with van der Waals surface area (Å²) >= 11 is 0. The SMILES string of the molecule is CCOc1ccc(N(C)C(=O)C2(CN)CC2)cc1. The average molecular weight is 248 g/mol. The number of nitrogens with zero attached hydrogens (tertiary/aromatic N) is 1. The molecule has 1 aromatic carbocycles. The highest BCUT2D eigenvalue weighted by atomic mass is 16.5. The van der Waals surface area contributed by atoms with E-state index < -0.39 is 0 Å². The van der Waals surface area contributed by atoms with Crippen molar-refractivity contribution in [2.75, 3.05) is 25.1 Å². The third-order valence-corrected chi connectivity index (χ3v) is 3.54. The van der Waals surface area contributed by atoms with E-state index in [1.54, 1.807) is 11.9 Å². The van der Waals surface area contributed by atoms with Crippen LogP contribution in [0, 0.1) is 5.41 Å². The summed E-state index contributed by atoms with van der Waals surface area (Å²) in [6.07, 6.45) is 1.81. The number of hydrogen-bond acceptors (Lipinski definition) is 3. The lowest BCUT2D eigenvalue weighted by atomic mass is 10.1. The molecule has 4 nitrogen and oxygen atoms in total. The zero-order chi connectivity index (χ0) is 13.2. The Morgan fingerprint density at radius 3 is 2.44 bits per heavy atom. The van der Waals surface area contributed by atoms with Crippen molar-refractivity contribution in [3.8, 4) is 5.75 Å². The average Bonchev–Trinajstić information content (AvgIpc) is 3.19. The minimum atomic E-state index is -0.298. The van der Waals surface area contributed by atoms with Crippen LogP contribution < -0.4 is 15.4 Å². The molecule has 0 spiro atoms. The minimum absolute atomic E-state index is 0.120. The standard InChI is InChI=1S/C14H20N2O2/c1-3-18-12-6-4-11(5-7-12)16(2)13(17)14(10-15)8-9-14/h4-7H,3,8-10,15H2,1-2H3. The highest BCUT2D eigenvalue weighted by molar-refractivity contribution is 5.99. The molecule has 0 bridgehead atoms. The van der Waals surface area contributed by atoms with Crippen molar-refractivity contribution in [2.24, 2.45) is 11.1 Å². The van der Waals surface area contributed by atoms with Crippen LogP contribution in [0.1, 0.15) is 19.8 Å². The minimum Gasteiger partial charge on any atom is -0.494 e. The van der Waals surface area contributed by atoms with Gasteiger partial charge in [0.2, 0.25) is 5.91 Å². The van der Waals surface area contributed by atoms with Crippen molar-refractivity contribution in [2.45, 2.75) is 19.8 Å². The largest absolute Gasteiger partial charge is 0.494 e. The van der Waals surface area contributed by atoms with Crippen molar-refractivity contribution in [1.29, 1.82) is 0 Å².